The van der Waals surface area contributed by atoms with Crippen LogP contribution in [0.1, 0.15) is 33.6 Å². The summed E-state index contributed by atoms with van der Waals surface area (Å²) < 4.78 is 0. The standard InChI is InChI=1S/C11H24N2/c1-9-7-11(3)13(8-9)10(2)5-6-12-4/h9-12H,5-8H2,1-4H3. The van der Waals surface area contributed by atoms with Crippen molar-refractivity contribution in [2.45, 2.75) is 45.7 Å². The first-order valence-electron chi connectivity index (χ1n) is 5.55. The van der Waals surface area contributed by atoms with Crippen molar-refractivity contribution in [3.05, 3.63) is 0 Å². The van der Waals surface area contributed by atoms with E-state index in [1.165, 1.54) is 19.4 Å². The summed E-state index contributed by atoms with van der Waals surface area (Å²) >= 11 is 0. The van der Waals surface area contributed by atoms with Crippen LogP contribution in [0.5, 0.6) is 0 Å². The van der Waals surface area contributed by atoms with Crippen molar-refractivity contribution in [1.82, 2.24) is 10.2 Å². The second kappa shape index (κ2) is 4.97. The maximum Gasteiger partial charge on any atom is 0.00819 e. The predicted octanol–water partition coefficient (Wildman–Crippen LogP) is 1.71. The zero-order valence-electron chi connectivity index (χ0n) is 9.51. The molecule has 1 saturated heterocycles. The smallest absolute Gasteiger partial charge is 0.00819 e. The Kier molecular flexibility index (Phi) is 4.20. The number of rotatable bonds is 4. The third-order valence-electron chi connectivity index (χ3n) is 3.21. The molecule has 0 aromatic rings. The van der Waals surface area contributed by atoms with Crippen LogP contribution in [0, 0.1) is 5.92 Å². The topological polar surface area (TPSA) is 15.3 Å². The lowest BCUT2D eigenvalue weighted by Crippen LogP contribution is -2.37. The number of nitrogens with one attached hydrogen (secondary N) is 1. The molecule has 0 amide bonds. The highest BCUT2D eigenvalue weighted by molar-refractivity contribution is 4.83. The van der Waals surface area contributed by atoms with Gasteiger partial charge in [0.15, 0.2) is 0 Å². The van der Waals surface area contributed by atoms with Crippen LogP contribution in [0.3, 0.4) is 0 Å². The summed E-state index contributed by atoms with van der Waals surface area (Å²) in [6, 6.07) is 1.54. The van der Waals surface area contributed by atoms with Crippen LogP contribution < -0.4 is 5.32 Å². The van der Waals surface area contributed by atoms with Crippen molar-refractivity contribution in [3.8, 4) is 0 Å². The summed E-state index contributed by atoms with van der Waals surface area (Å²) in [6.45, 7) is 9.51. The van der Waals surface area contributed by atoms with Gasteiger partial charge in [0.25, 0.3) is 0 Å². The van der Waals surface area contributed by atoms with Gasteiger partial charge in [0, 0.05) is 18.6 Å². The lowest BCUT2D eigenvalue weighted by Gasteiger charge is -2.28. The average molecular weight is 184 g/mol. The highest BCUT2D eigenvalue weighted by Gasteiger charge is 2.28. The maximum atomic E-state index is 3.22. The molecular formula is C11H24N2. The molecule has 1 rings (SSSR count). The summed E-state index contributed by atoms with van der Waals surface area (Å²) in [5.41, 5.74) is 0. The quantitative estimate of drug-likeness (QED) is 0.715. The molecule has 2 nitrogen and oxygen atoms in total. The van der Waals surface area contributed by atoms with Gasteiger partial charge in [-0.2, -0.15) is 0 Å². The van der Waals surface area contributed by atoms with Gasteiger partial charge in [-0.15, -0.1) is 0 Å². The van der Waals surface area contributed by atoms with E-state index in [2.05, 4.69) is 31.0 Å². The zero-order valence-corrected chi connectivity index (χ0v) is 9.51. The normalized spacial score (nSPS) is 32.3. The molecule has 1 heterocycles. The van der Waals surface area contributed by atoms with Crippen LogP contribution >= 0.6 is 0 Å². The molecule has 0 saturated carbocycles. The maximum absolute atomic E-state index is 3.22. The summed E-state index contributed by atoms with van der Waals surface area (Å²) in [6.07, 6.45) is 2.65. The Balaban J connectivity index is 2.33. The van der Waals surface area contributed by atoms with E-state index in [4.69, 9.17) is 0 Å². The molecule has 3 unspecified atom stereocenters. The van der Waals surface area contributed by atoms with E-state index in [9.17, 15) is 0 Å². The van der Waals surface area contributed by atoms with Gasteiger partial charge in [-0.25, -0.2) is 0 Å². The van der Waals surface area contributed by atoms with E-state index in [0.29, 0.717) is 0 Å². The minimum Gasteiger partial charge on any atom is -0.320 e. The van der Waals surface area contributed by atoms with Crippen LogP contribution in [-0.4, -0.2) is 37.1 Å². The highest BCUT2D eigenvalue weighted by Crippen LogP contribution is 2.25. The minimum atomic E-state index is 0.743. The number of hydrogen-bond acceptors (Lipinski definition) is 2. The van der Waals surface area contributed by atoms with E-state index < -0.39 is 0 Å². The summed E-state index contributed by atoms with van der Waals surface area (Å²) in [5.74, 6) is 0.895. The molecule has 0 aromatic heterocycles. The van der Waals surface area contributed by atoms with Gasteiger partial charge in [-0.1, -0.05) is 6.92 Å². The van der Waals surface area contributed by atoms with Gasteiger partial charge >= 0.3 is 0 Å². The third kappa shape index (κ3) is 2.96. The van der Waals surface area contributed by atoms with Gasteiger partial charge < -0.3 is 5.32 Å². The van der Waals surface area contributed by atoms with Gasteiger partial charge in [0.05, 0.1) is 0 Å². The molecule has 78 valence electrons. The number of likely N-dealkylation sites (tertiary alicyclic amines) is 1. The first-order valence-corrected chi connectivity index (χ1v) is 5.55. The molecule has 1 aliphatic rings. The fourth-order valence-corrected chi connectivity index (χ4v) is 2.47. The monoisotopic (exact) mass is 184 g/mol. The molecule has 3 atom stereocenters. The van der Waals surface area contributed by atoms with Gasteiger partial charge in [0.1, 0.15) is 0 Å². The van der Waals surface area contributed by atoms with E-state index in [1.54, 1.807) is 0 Å². The molecule has 1 aliphatic heterocycles. The molecule has 0 radical (unpaired) electrons. The summed E-state index contributed by atoms with van der Waals surface area (Å²) in [5, 5.41) is 3.22. The van der Waals surface area contributed by atoms with Crippen LogP contribution in [0.2, 0.25) is 0 Å². The third-order valence-corrected chi connectivity index (χ3v) is 3.21. The van der Waals surface area contributed by atoms with Crippen LogP contribution in [0.25, 0.3) is 0 Å². The Morgan fingerprint density at radius 2 is 2.15 bits per heavy atom. The highest BCUT2D eigenvalue weighted by atomic mass is 15.2. The summed E-state index contributed by atoms with van der Waals surface area (Å²) in [7, 11) is 2.03. The Hall–Kier alpha value is -0.0800. The van der Waals surface area contributed by atoms with Crippen molar-refractivity contribution in [2.24, 2.45) is 5.92 Å². The van der Waals surface area contributed by atoms with Gasteiger partial charge in [-0.3, -0.25) is 4.90 Å². The van der Waals surface area contributed by atoms with E-state index in [0.717, 1.165) is 24.5 Å². The van der Waals surface area contributed by atoms with Crippen LogP contribution in [0.4, 0.5) is 0 Å². The Morgan fingerprint density at radius 1 is 1.46 bits per heavy atom. The number of hydrogen-bond donors (Lipinski definition) is 1. The molecular weight excluding hydrogens is 160 g/mol. The second-order valence-corrected chi connectivity index (χ2v) is 4.63. The Morgan fingerprint density at radius 3 is 2.62 bits per heavy atom. The molecule has 1 N–H and O–H groups in total. The summed E-state index contributed by atoms with van der Waals surface area (Å²) in [4.78, 5) is 2.65. The van der Waals surface area contributed by atoms with E-state index in [-0.39, 0.29) is 0 Å². The van der Waals surface area contributed by atoms with Gasteiger partial charge in [-0.05, 0) is 46.2 Å². The van der Waals surface area contributed by atoms with Crippen molar-refractivity contribution >= 4 is 0 Å². The zero-order chi connectivity index (χ0) is 9.84. The second-order valence-electron chi connectivity index (χ2n) is 4.63. The van der Waals surface area contributed by atoms with Crippen molar-refractivity contribution < 1.29 is 0 Å². The van der Waals surface area contributed by atoms with Crippen LogP contribution in [-0.2, 0) is 0 Å². The number of nitrogens with zero attached hydrogens (tertiary/aromatic N) is 1. The molecule has 2 heteroatoms. The van der Waals surface area contributed by atoms with E-state index in [1.807, 2.05) is 7.05 Å². The first-order chi connectivity index (χ1) is 6.15. The predicted molar refractivity (Wildman–Crippen MR) is 58.0 cm³/mol. The lowest BCUT2D eigenvalue weighted by molar-refractivity contribution is 0.190. The van der Waals surface area contributed by atoms with E-state index >= 15 is 0 Å². The van der Waals surface area contributed by atoms with Crippen molar-refractivity contribution in [2.75, 3.05) is 20.1 Å². The molecule has 0 aromatic carbocycles. The minimum absolute atomic E-state index is 0.743. The Labute approximate surface area is 82.7 Å². The van der Waals surface area contributed by atoms with Crippen molar-refractivity contribution in [1.29, 1.82) is 0 Å². The largest absolute Gasteiger partial charge is 0.320 e. The first kappa shape index (κ1) is 11.0. The molecule has 0 aliphatic carbocycles. The van der Waals surface area contributed by atoms with Crippen LogP contribution in [0.15, 0.2) is 0 Å². The Bertz CT molecular complexity index is 147. The van der Waals surface area contributed by atoms with Gasteiger partial charge in [0.2, 0.25) is 0 Å². The molecule has 1 fully saturated rings. The fraction of sp³-hybridized carbons (Fsp3) is 1.00. The lowest BCUT2D eigenvalue weighted by atomic mass is 10.1. The average Bonchev–Trinajstić information content (AvgIpc) is 2.41. The fourth-order valence-electron chi connectivity index (χ4n) is 2.47. The molecule has 13 heavy (non-hydrogen) atoms. The molecule has 0 bridgehead atoms. The molecule has 0 spiro atoms. The van der Waals surface area contributed by atoms with Crippen molar-refractivity contribution in [3.63, 3.8) is 0 Å². The SMILES string of the molecule is CNCCC(C)N1CC(C)CC1C.